The zero-order chi connectivity index (χ0) is 24.2. The van der Waals surface area contributed by atoms with E-state index in [4.69, 9.17) is 14.1 Å². The Balaban J connectivity index is 1.72. The summed E-state index contributed by atoms with van der Waals surface area (Å²) in [4.78, 5) is 4.70. The number of hydrogen-bond acceptors (Lipinski definition) is 5. The summed E-state index contributed by atoms with van der Waals surface area (Å²) in [7, 11) is 0. The van der Waals surface area contributed by atoms with E-state index >= 15 is 0 Å². The average Bonchev–Trinajstić information content (AvgIpc) is 3.20. The number of nitrogens with zero attached hydrogens (tertiary/aromatic N) is 1. The fraction of sp³-hybridized carbons (Fsp3) is 0.464. The first kappa shape index (κ1) is 24.8. The minimum absolute atomic E-state index is 0.203. The molecule has 0 spiro atoms. The van der Waals surface area contributed by atoms with E-state index in [0.717, 1.165) is 41.2 Å². The normalized spacial score (nSPS) is 12.2. The summed E-state index contributed by atoms with van der Waals surface area (Å²) in [5, 5.41) is 14.3. The van der Waals surface area contributed by atoms with E-state index < -0.39 is 0 Å². The minimum Gasteiger partial charge on any atom is -0.507 e. The van der Waals surface area contributed by atoms with Crippen molar-refractivity contribution in [3.63, 3.8) is 0 Å². The number of hydrogen-bond donors (Lipinski definition) is 2. The predicted molar refractivity (Wildman–Crippen MR) is 134 cm³/mol. The van der Waals surface area contributed by atoms with Crippen molar-refractivity contribution in [2.24, 2.45) is 0 Å². The molecule has 0 amide bonds. The lowest BCUT2D eigenvalue weighted by Gasteiger charge is -2.27. The second-order valence-corrected chi connectivity index (χ2v) is 10.6. The summed E-state index contributed by atoms with van der Waals surface area (Å²) < 4.78 is 11.7. The number of aromatic hydroxyl groups is 1. The van der Waals surface area contributed by atoms with E-state index in [2.05, 4.69) is 65.9 Å². The van der Waals surface area contributed by atoms with Crippen LogP contribution in [0.25, 0.3) is 11.5 Å². The molecule has 3 rings (SSSR count). The first-order valence-corrected chi connectivity index (χ1v) is 11.7. The minimum atomic E-state index is -0.203. The molecule has 0 saturated carbocycles. The largest absolute Gasteiger partial charge is 0.507 e. The molecule has 0 saturated heterocycles. The van der Waals surface area contributed by atoms with E-state index in [9.17, 15) is 5.11 Å². The Morgan fingerprint density at radius 3 is 2.12 bits per heavy atom. The molecule has 0 aliphatic carbocycles. The number of benzene rings is 2. The molecule has 0 aliphatic heterocycles. The molecular formula is C28H38N2O3. The first-order valence-electron chi connectivity index (χ1n) is 11.7. The lowest BCUT2D eigenvalue weighted by Crippen LogP contribution is -2.17. The molecular weight excluding hydrogens is 412 g/mol. The van der Waals surface area contributed by atoms with Crippen LogP contribution < -0.4 is 10.1 Å². The maximum absolute atomic E-state index is 10.9. The van der Waals surface area contributed by atoms with Crippen molar-refractivity contribution in [1.29, 1.82) is 0 Å². The van der Waals surface area contributed by atoms with Crippen LogP contribution in [0.5, 0.6) is 11.5 Å². The van der Waals surface area contributed by atoms with Crippen molar-refractivity contribution >= 4 is 0 Å². The van der Waals surface area contributed by atoms with Crippen molar-refractivity contribution < 1.29 is 14.3 Å². The van der Waals surface area contributed by atoms with Gasteiger partial charge in [0.25, 0.3) is 0 Å². The Hall–Kier alpha value is -2.79. The SMILES string of the molecule is CCNCc1ccc(OCCc2coc(-c3cc(C(C)(C)C)c(O)c(C(C)(C)C)c3)n2)cc1. The molecule has 0 aliphatic rings. The molecule has 2 N–H and O–H groups in total. The molecule has 5 heteroatoms. The molecule has 0 unspecified atom stereocenters. The van der Waals surface area contributed by atoms with Crippen LogP contribution in [0.15, 0.2) is 47.1 Å². The Bertz CT molecular complexity index is 1020. The Morgan fingerprint density at radius 1 is 0.970 bits per heavy atom. The number of phenolic OH excluding ortho intramolecular Hbond substituents is 1. The number of nitrogens with one attached hydrogen (secondary N) is 1. The molecule has 1 aromatic heterocycles. The smallest absolute Gasteiger partial charge is 0.226 e. The van der Waals surface area contributed by atoms with E-state index in [1.165, 1.54) is 5.56 Å². The zero-order valence-electron chi connectivity index (χ0n) is 21.1. The number of oxazole rings is 1. The van der Waals surface area contributed by atoms with E-state index in [1.807, 2.05) is 24.3 Å². The summed E-state index contributed by atoms with van der Waals surface area (Å²) in [6.45, 7) is 17.0. The molecule has 0 radical (unpaired) electrons. The van der Waals surface area contributed by atoms with Crippen LogP contribution in [0, 0.1) is 0 Å². The summed E-state index contributed by atoms with van der Waals surface area (Å²) in [6, 6.07) is 12.1. The maximum Gasteiger partial charge on any atom is 0.226 e. The molecule has 0 atom stereocenters. The fourth-order valence-electron chi connectivity index (χ4n) is 3.70. The van der Waals surface area contributed by atoms with E-state index in [1.54, 1.807) is 6.26 Å². The van der Waals surface area contributed by atoms with Gasteiger partial charge in [-0.25, -0.2) is 4.98 Å². The van der Waals surface area contributed by atoms with Crippen molar-refractivity contribution in [3.05, 3.63) is 65.0 Å². The van der Waals surface area contributed by atoms with Gasteiger partial charge in [-0.3, -0.25) is 0 Å². The second kappa shape index (κ2) is 10.0. The molecule has 1 heterocycles. The van der Waals surface area contributed by atoms with Gasteiger partial charge in [0.1, 0.15) is 17.8 Å². The van der Waals surface area contributed by atoms with Gasteiger partial charge in [-0.2, -0.15) is 0 Å². The highest BCUT2D eigenvalue weighted by atomic mass is 16.5. The maximum atomic E-state index is 10.9. The summed E-state index contributed by atoms with van der Waals surface area (Å²) in [5.41, 5.74) is 4.35. The van der Waals surface area contributed by atoms with Gasteiger partial charge < -0.3 is 19.6 Å². The van der Waals surface area contributed by atoms with Gasteiger partial charge in [-0.05, 0) is 47.2 Å². The van der Waals surface area contributed by atoms with Gasteiger partial charge in [-0.15, -0.1) is 0 Å². The third-order valence-electron chi connectivity index (χ3n) is 5.65. The highest BCUT2D eigenvalue weighted by Gasteiger charge is 2.27. The molecule has 33 heavy (non-hydrogen) atoms. The van der Waals surface area contributed by atoms with Crippen molar-refractivity contribution in [2.75, 3.05) is 13.2 Å². The third kappa shape index (κ3) is 6.38. The molecule has 0 fully saturated rings. The average molecular weight is 451 g/mol. The quantitative estimate of drug-likeness (QED) is 0.417. The van der Waals surface area contributed by atoms with Crippen LogP contribution in [0.2, 0.25) is 0 Å². The highest BCUT2D eigenvalue weighted by molar-refractivity contribution is 5.63. The lowest BCUT2D eigenvalue weighted by molar-refractivity contribution is 0.320. The van der Waals surface area contributed by atoms with E-state index in [0.29, 0.717) is 24.7 Å². The van der Waals surface area contributed by atoms with Crippen molar-refractivity contribution in [1.82, 2.24) is 10.3 Å². The third-order valence-corrected chi connectivity index (χ3v) is 5.65. The monoisotopic (exact) mass is 450 g/mol. The molecule has 178 valence electrons. The molecule has 3 aromatic rings. The second-order valence-electron chi connectivity index (χ2n) is 10.6. The fourth-order valence-corrected chi connectivity index (χ4v) is 3.70. The van der Waals surface area contributed by atoms with Crippen molar-refractivity contribution in [3.8, 4) is 23.0 Å². The topological polar surface area (TPSA) is 67.5 Å². The summed E-state index contributed by atoms with van der Waals surface area (Å²) in [6.07, 6.45) is 2.34. The number of aromatic nitrogens is 1. The van der Waals surface area contributed by atoms with E-state index in [-0.39, 0.29) is 10.8 Å². The van der Waals surface area contributed by atoms with Crippen LogP contribution in [-0.2, 0) is 23.8 Å². The predicted octanol–water partition coefficient (Wildman–Crippen LogP) is 6.37. The van der Waals surface area contributed by atoms with Crippen LogP contribution >= 0.6 is 0 Å². The lowest BCUT2D eigenvalue weighted by atomic mass is 9.78. The summed E-state index contributed by atoms with van der Waals surface area (Å²) in [5.74, 6) is 1.77. The van der Waals surface area contributed by atoms with Gasteiger partial charge in [0.15, 0.2) is 0 Å². The molecule has 0 bridgehead atoms. The number of ether oxygens (including phenoxy) is 1. The van der Waals surface area contributed by atoms with Crippen LogP contribution in [-0.4, -0.2) is 23.2 Å². The van der Waals surface area contributed by atoms with Crippen molar-refractivity contribution in [2.45, 2.75) is 72.3 Å². The van der Waals surface area contributed by atoms with Gasteiger partial charge in [0.05, 0.1) is 12.3 Å². The zero-order valence-corrected chi connectivity index (χ0v) is 21.1. The first-order chi connectivity index (χ1) is 15.5. The molecule has 2 aromatic carbocycles. The van der Waals surface area contributed by atoms with Crippen LogP contribution in [0.4, 0.5) is 0 Å². The van der Waals surface area contributed by atoms with Gasteiger partial charge in [0, 0.05) is 29.7 Å². The van der Waals surface area contributed by atoms with Gasteiger partial charge in [-0.1, -0.05) is 60.6 Å². The van der Waals surface area contributed by atoms with Gasteiger partial charge in [0.2, 0.25) is 5.89 Å². The highest BCUT2D eigenvalue weighted by Crippen LogP contribution is 2.41. The molecule has 5 nitrogen and oxygen atoms in total. The summed E-state index contributed by atoms with van der Waals surface area (Å²) >= 11 is 0. The Kier molecular flexibility index (Phi) is 7.53. The number of rotatable bonds is 8. The Labute approximate surface area is 198 Å². The number of phenols is 1. The van der Waals surface area contributed by atoms with Gasteiger partial charge >= 0.3 is 0 Å². The Morgan fingerprint density at radius 2 is 1.58 bits per heavy atom. The standard InChI is InChI=1S/C28H38N2O3/c1-8-29-17-19-9-11-22(12-10-19)32-14-13-21-18-33-26(30-21)20-15-23(27(2,3)4)25(31)24(16-20)28(5,6)7/h9-12,15-16,18,29,31H,8,13-14,17H2,1-7H3. The van der Waals surface area contributed by atoms with Crippen LogP contribution in [0.1, 0.15) is 70.9 Å². The van der Waals surface area contributed by atoms with Crippen LogP contribution in [0.3, 0.4) is 0 Å².